The number of carboxylic acids is 1. The first kappa shape index (κ1) is 9.76. The Labute approximate surface area is 74.8 Å². The molecule has 5 heteroatoms. The first-order chi connectivity index (χ1) is 6.13. The predicted octanol–water partition coefficient (Wildman–Crippen LogP) is -0.160. The lowest BCUT2D eigenvalue weighted by atomic mass is 10.2. The lowest BCUT2D eigenvalue weighted by molar-refractivity contribution is 0.0660. The maximum atomic E-state index is 10.4. The molecule has 1 rings (SSSR count). The molecule has 0 aliphatic rings. The number of nitrogens with two attached hydrogens (primary N) is 1. The second-order valence-electron chi connectivity index (χ2n) is 2.72. The van der Waals surface area contributed by atoms with E-state index < -0.39 is 12.0 Å². The van der Waals surface area contributed by atoms with Crippen LogP contribution in [0, 0.1) is 0 Å². The van der Waals surface area contributed by atoms with Crippen LogP contribution in [0.5, 0.6) is 0 Å². The lowest BCUT2D eigenvalue weighted by Gasteiger charge is -2.03. The summed E-state index contributed by atoms with van der Waals surface area (Å²) in [5.41, 5.74) is 5.43. The van der Waals surface area contributed by atoms with Gasteiger partial charge < -0.3 is 20.4 Å². The summed E-state index contributed by atoms with van der Waals surface area (Å²) < 4.78 is 4.93. The Bertz CT molecular complexity index is 294. The molecule has 0 aliphatic carbocycles. The van der Waals surface area contributed by atoms with Gasteiger partial charge in [0, 0.05) is 12.5 Å². The van der Waals surface area contributed by atoms with Crippen LogP contribution in [0.4, 0.5) is 0 Å². The van der Waals surface area contributed by atoms with Gasteiger partial charge in [-0.3, -0.25) is 0 Å². The average Bonchev–Trinajstić information content (AvgIpc) is 2.52. The van der Waals surface area contributed by atoms with Gasteiger partial charge in [0.25, 0.3) is 0 Å². The van der Waals surface area contributed by atoms with Crippen LogP contribution in [0.2, 0.25) is 0 Å². The summed E-state index contributed by atoms with van der Waals surface area (Å²) in [5, 5.41) is 17.1. The Morgan fingerprint density at radius 3 is 2.77 bits per heavy atom. The third-order valence-electron chi connectivity index (χ3n) is 1.57. The molecule has 0 fully saturated rings. The zero-order valence-electron chi connectivity index (χ0n) is 6.93. The molecule has 0 aromatic carbocycles. The molecular formula is C8H11NO4. The van der Waals surface area contributed by atoms with Gasteiger partial charge in [-0.1, -0.05) is 0 Å². The minimum Gasteiger partial charge on any atom is -0.475 e. The highest BCUT2D eigenvalue weighted by atomic mass is 16.4. The van der Waals surface area contributed by atoms with Gasteiger partial charge in [0.15, 0.2) is 0 Å². The van der Waals surface area contributed by atoms with Crippen molar-refractivity contribution in [2.45, 2.75) is 12.5 Å². The molecule has 0 saturated heterocycles. The van der Waals surface area contributed by atoms with Gasteiger partial charge in [0.1, 0.15) is 5.76 Å². The van der Waals surface area contributed by atoms with E-state index in [1.807, 2.05) is 0 Å². The van der Waals surface area contributed by atoms with E-state index in [4.69, 9.17) is 20.4 Å². The van der Waals surface area contributed by atoms with Crippen molar-refractivity contribution in [3.8, 4) is 0 Å². The van der Waals surface area contributed by atoms with E-state index in [2.05, 4.69) is 0 Å². The van der Waals surface area contributed by atoms with Gasteiger partial charge >= 0.3 is 5.97 Å². The zero-order chi connectivity index (χ0) is 9.84. The highest BCUT2D eigenvalue weighted by Crippen LogP contribution is 2.09. The molecule has 13 heavy (non-hydrogen) atoms. The molecule has 0 aliphatic heterocycles. The quantitative estimate of drug-likeness (QED) is 0.605. The summed E-state index contributed by atoms with van der Waals surface area (Å²) in [4.78, 5) is 10.4. The van der Waals surface area contributed by atoms with Crippen LogP contribution in [-0.2, 0) is 6.42 Å². The average molecular weight is 185 g/mol. The summed E-state index contributed by atoms with van der Waals surface area (Å²) in [6.07, 6.45) is 0.337. The standard InChI is InChI=1S/C8H11NO4/c9-5(4-10)3-6-1-2-7(13-6)8(11)12/h1-2,5,10H,3-4,9H2,(H,11,12). The fourth-order valence-electron chi connectivity index (χ4n) is 0.926. The SMILES string of the molecule is NC(CO)Cc1ccc(C(=O)O)o1. The van der Waals surface area contributed by atoms with Gasteiger partial charge in [-0.15, -0.1) is 0 Å². The molecule has 1 aromatic heterocycles. The Hall–Kier alpha value is -1.33. The molecule has 1 aromatic rings. The van der Waals surface area contributed by atoms with E-state index in [0.717, 1.165) is 0 Å². The summed E-state index contributed by atoms with van der Waals surface area (Å²) in [6.45, 7) is -0.150. The maximum Gasteiger partial charge on any atom is 0.371 e. The molecule has 0 radical (unpaired) electrons. The van der Waals surface area contributed by atoms with Crippen molar-refractivity contribution in [1.29, 1.82) is 0 Å². The van der Waals surface area contributed by atoms with Crippen LogP contribution in [-0.4, -0.2) is 28.8 Å². The van der Waals surface area contributed by atoms with Crippen LogP contribution in [0.15, 0.2) is 16.5 Å². The van der Waals surface area contributed by atoms with Crippen molar-refractivity contribution in [2.24, 2.45) is 5.73 Å². The number of furan rings is 1. The Balaban J connectivity index is 2.64. The highest BCUT2D eigenvalue weighted by molar-refractivity contribution is 5.84. The predicted molar refractivity (Wildman–Crippen MR) is 44.4 cm³/mol. The fraction of sp³-hybridized carbons (Fsp3) is 0.375. The van der Waals surface area contributed by atoms with Gasteiger partial charge in [-0.05, 0) is 12.1 Å². The Morgan fingerprint density at radius 2 is 2.31 bits per heavy atom. The van der Waals surface area contributed by atoms with E-state index in [1.54, 1.807) is 6.07 Å². The van der Waals surface area contributed by atoms with E-state index in [9.17, 15) is 4.79 Å². The normalized spacial score (nSPS) is 12.8. The monoisotopic (exact) mass is 185 g/mol. The molecule has 0 bridgehead atoms. The number of aromatic carboxylic acids is 1. The van der Waals surface area contributed by atoms with Gasteiger partial charge in [-0.2, -0.15) is 0 Å². The van der Waals surface area contributed by atoms with Crippen LogP contribution in [0.3, 0.4) is 0 Å². The van der Waals surface area contributed by atoms with E-state index in [-0.39, 0.29) is 12.4 Å². The van der Waals surface area contributed by atoms with Crippen molar-refractivity contribution < 1.29 is 19.4 Å². The molecule has 4 N–H and O–H groups in total. The number of aliphatic hydroxyl groups excluding tert-OH is 1. The zero-order valence-corrected chi connectivity index (χ0v) is 6.93. The van der Waals surface area contributed by atoms with E-state index >= 15 is 0 Å². The Morgan fingerprint density at radius 1 is 1.62 bits per heavy atom. The minimum absolute atomic E-state index is 0.111. The number of hydrogen-bond acceptors (Lipinski definition) is 4. The first-order valence-corrected chi connectivity index (χ1v) is 3.82. The largest absolute Gasteiger partial charge is 0.475 e. The lowest BCUT2D eigenvalue weighted by Crippen LogP contribution is -2.26. The van der Waals surface area contributed by atoms with E-state index in [1.165, 1.54) is 6.07 Å². The summed E-state index contributed by atoms with van der Waals surface area (Å²) in [5.74, 6) is -0.747. The summed E-state index contributed by atoms with van der Waals surface area (Å²) >= 11 is 0. The molecule has 72 valence electrons. The van der Waals surface area contributed by atoms with Crippen LogP contribution >= 0.6 is 0 Å². The third kappa shape index (κ3) is 2.57. The van der Waals surface area contributed by atoms with Crippen LogP contribution < -0.4 is 5.73 Å². The van der Waals surface area contributed by atoms with Crippen LogP contribution in [0.25, 0.3) is 0 Å². The van der Waals surface area contributed by atoms with Gasteiger partial charge in [0.05, 0.1) is 6.61 Å². The van der Waals surface area contributed by atoms with Crippen molar-refractivity contribution in [1.82, 2.24) is 0 Å². The summed E-state index contributed by atoms with van der Waals surface area (Å²) in [7, 11) is 0. The minimum atomic E-state index is -1.11. The number of carbonyl (C=O) groups is 1. The summed E-state index contributed by atoms with van der Waals surface area (Å²) in [6, 6.07) is 2.49. The molecular weight excluding hydrogens is 174 g/mol. The maximum absolute atomic E-state index is 10.4. The van der Waals surface area contributed by atoms with Crippen molar-refractivity contribution in [3.63, 3.8) is 0 Å². The van der Waals surface area contributed by atoms with E-state index in [0.29, 0.717) is 12.2 Å². The molecule has 0 amide bonds. The van der Waals surface area contributed by atoms with Crippen molar-refractivity contribution in [2.75, 3.05) is 6.61 Å². The smallest absolute Gasteiger partial charge is 0.371 e. The van der Waals surface area contributed by atoms with Gasteiger partial charge in [-0.25, -0.2) is 4.79 Å². The number of rotatable bonds is 4. The van der Waals surface area contributed by atoms with Crippen molar-refractivity contribution in [3.05, 3.63) is 23.7 Å². The first-order valence-electron chi connectivity index (χ1n) is 3.82. The number of hydrogen-bond donors (Lipinski definition) is 3. The van der Waals surface area contributed by atoms with Gasteiger partial charge in [0.2, 0.25) is 5.76 Å². The topological polar surface area (TPSA) is 96.7 Å². The van der Waals surface area contributed by atoms with Crippen LogP contribution in [0.1, 0.15) is 16.3 Å². The number of carboxylic acid groups (broad SMARTS) is 1. The molecule has 5 nitrogen and oxygen atoms in total. The van der Waals surface area contributed by atoms with Crippen molar-refractivity contribution >= 4 is 5.97 Å². The molecule has 0 saturated carbocycles. The molecule has 1 heterocycles. The molecule has 1 unspecified atom stereocenters. The second kappa shape index (κ2) is 4.06. The number of aliphatic hydroxyl groups is 1. The molecule has 1 atom stereocenters. The second-order valence-corrected chi connectivity index (χ2v) is 2.72. The fourth-order valence-corrected chi connectivity index (χ4v) is 0.926. The Kier molecular flexibility index (Phi) is 3.05. The molecule has 0 spiro atoms. The third-order valence-corrected chi connectivity index (χ3v) is 1.57. The highest BCUT2D eigenvalue weighted by Gasteiger charge is 2.10.